The van der Waals surface area contributed by atoms with Crippen LogP contribution >= 0.6 is 0 Å². The Morgan fingerprint density at radius 1 is 0.808 bits per heavy atom. The van der Waals surface area contributed by atoms with E-state index in [1.165, 1.54) is 21.9 Å². The quantitative estimate of drug-likeness (QED) is 0.727. The molecule has 0 aromatic heterocycles. The molecule has 26 heavy (non-hydrogen) atoms. The van der Waals surface area contributed by atoms with Gasteiger partial charge in [-0.2, -0.15) is 0 Å². The van der Waals surface area contributed by atoms with Gasteiger partial charge >= 0.3 is 0 Å². The highest BCUT2D eigenvalue weighted by molar-refractivity contribution is 5.85. The zero-order valence-electron chi connectivity index (χ0n) is 15.3. The molecule has 0 saturated carbocycles. The normalized spacial score (nSPS) is 17.4. The van der Waals surface area contributed by atoms with Crippen molar-refractivity contribution >= 4 is 10.8 Å². The van der Waals surface area contributed by atoms with E-state index < -0.39 is 0 Å². The van der Waals surface area contributed by atoms with E-state index in [2.05, 4.69) is 77.7 Å². The van der Waals surface area contributed by atoms with Gasteiger partial charge in [0.1, 0.15) is 0 Å². The minimum absolute atomic E-state index is 0.0383. The van der Waals surface area contributed by atoms with E-state index in [0.29, 0.717) is 0 Å². The molecule has 0 unspecified atom stereocenters. The monoisotopic (exact) mass is 345 g/mol. The van der Waals surface area contributed by atoms with Crippen LogP contribution in [0, 0.1) is 5.41 Å². The van der Waals surface area contributed by atoms with Crippen LogP contribution < -0.4 is 0 Å². The molecule has 2 nitrogen and oxygen atoms in total. The first-order valence-electron chi connectivity index (χ1n) is 9.62. The van der Waals surface area contributed by atoms with Crippen molar-refractivity contribution < 1.29 is 5.11 Å². The third-order valence-corrected chi connectivity index (χ3v) is 5.95. The predicted octanol–water partition coefficient (Wildman–Crippen LogP) is 4.66. The van der Waals surface area contributed by atoms with Crippen molar-refractivity contribution in [3.63, 3.8) is 0 Å². The summed E-state index contributed by atoms with van der Waals surface area (Å²) < 4.78 is 0. The fourth-order valence-corrected chi connectivity index (χ4v) is 4.28. The van der Waals surface area contributed by atoms with Gasteiger partial charge in [-0.05, 0) is 59.7 Å². The Kier molecular flexibility index (Phi) is 5.05. The lowest BCUT2D eigenvalue weighted by Crippen LogP contribution is -2.42. The second-order valence-electron chi connectivity index (χ2n) is 7.73. The number of likely N-dealkylation sites (tertiary alicyclic amines) is 1. The van der Waals surface area contributed by atoms with Gasteiger partial charge in [0.15, 0.2) is 0 Å². The van der Waals surface area contributed by atoms with Crippen molar-refractivity contribution in [3.05, 3.63) is 83.9 Å². The van der Waals surface area contributed by atoms with Crippen LogP contribution in [0.4, 0.5) is 0 Å². The summed E-state index contributed by atoms with van der Waals surface area (Å²) in [5.74, 6) is 0. The van der Waals surface area contributed by atoms with Crippen molar-refractivity contribution in [2.45, 2.75) is 25.8 Å². The number of benzene rings is 3. The first kappa shape index (κ1) is 17.3. The van der Waals surface area contributed by atoms with Gasteiger partial charge < -0.3 is 5.11 Å². The highest BCUT2D eigenvalue weighted by atomic mass is 16.3. The summed E-state index contributed by atoms with van der Waals surface area (Å²) in [6.07, 6.45) is 3.10. The highest BCUT2D eigenvalue weighted by Crippen LogP contribution is 2.35. The molecule has 1 N–H and O–H groups in total. The molecule has 1 fully saturated rings. The van der Waals surface area contributed by atoms with Crippen molar-refractivity contribution in [2.75, 3.05) is 19.7 Å². The van der Waals surface area contributed by atoms with Crippen LogP contribution in [0.2, 0.25) is 0 Å². The number of aliphatic hydroxyl groups excluding tert-OH is 1. The number of hydrogen-bond acceptors (Lipinski definition) is 2. The summed E-state index contributed by atoms with van der Waals surface area (Å²) in [7, 11) is 0. The zero-order valence-corrected chi connectivity index (χ0v) is 15.3. The van der Waals surface area contributed by atoms with Gasteiger partial charge in [0.05, 0.1) is 0 Å². The first-order valence-corrected chi connectivity index (χ1v) is 9.62. The van der Waals surface area contributed by atoms with E-state index in [0.717, 1.165) is 38.9 Å². The number of fused-ring (bicyclic) bond motifs is 1. The lowest BCUT2D eigenvalue weighted by atomic mass is 9.74. The van der Waals surface area contributed by atoms with E-state index in [9.17, 15) is 5.11 Å². The van der Waals surface area contributed by atoms with E-state index in [-0.39, 0.29) is 12.0 Å². The molecule has 3 aromatic carbocycles. The molecule has 0 atom stereocenters. The zero-order chi connectivity index (χ0) is 17.8. The average molecular weight is 345 g/mol. The number of hydrogen-bond donors (Lipinski definition) is 1. The molecule has 1 saturated heterocycles. The smallest absolute Gasteiger partial charge is 0.0491 e. The maximum atomic E-state index is 10.1. The average Bonchev–Trinajstić information content (AvgIpc) is 2.71. The molecule has 3 aromatic rings. The summed E-state index contributed by atoms with van der Waals surface area (Å²) in [5.41, 5.74) is 2.78. The highest BCUT2D eigenvalue weighted by Gasteiger charge is 2.34. The molecule has 1 aliphatic rings. The molecule has 0 bridgehead atoms. The van der Waals surface area contributed by atoms with E-state index >= 15 is 0 Å². The lowest BCUT2D eigenvalue weighted by Gasteiger charge is -2.41. The summed E-state index contributed by atoms with van der Waals surface area (Å²) in [6.45, 7) is 3.38. The van der Waals surface area contributed by atoms with Crippen LogP contribution in [0.3, 0.4) is 0 Å². The summed E-state index contributed by atoms with van der Waals surface area (Å²) in [4.78, 5) is 2.54. The van der Waals surface area contributed by atoms with Crippen molar-refractivity contribution in [3.8, 4) is 0 Å². The van der Waals surface area contributed by atoms with Gasteiger partial charge in [-0.15, -0.1) is 0 Å². The Labute approximate surface area is 156 Å². The second kappa shape index (κ2) is 7.61. The fraction of sp³-hybridized carbons (Fsp3) is 0.333. The van der Waals surface area contributed by atoms with Crippen LogP contribution in [0.1, 0.15) is 24.0 Å². The molecule has 134 valence electrons. The number of piperidine rings is 1. The van der Waals surface area contributed by atoms with Crippen LogP contribution in [-0.4, -0.2) is 29.7 Å². The second-order valence-corrected chi connectivity index (χ2v) is 7.73. The van der Waals surface area contributed by atoms with E-state index in [1.807, 2.05) is 0 Å². The van der Waals surface area contributed by atoms with Crippen molar-refractivity contribution in [1.29, 1.82) is 0 Å². The Morgan fingerprint density at radius 2 is 1.50 bits per heavy atom. The SMILES string of the molecule is OCC1(Cc2ccccc2)CCN(Cc2cccc3ccccc23)CC1. The molecular formula is C24H27NO. The largest absolute Gasteiger partial charge is 0.396 e. The molecule has 4 rings (SSSR count). The van der Waals surface area contributed by atoms with Crippen molar-refractivity contribution in [2.24, 2.45) is 5.41 Å². The molecule has 0 aliphatic carbocycles. The van der Waals surface area contributed by atoms with Crippen LogP contribution in [0.5, 0.6) is 0 Å². The molecule has 0 radical (unpaired) electrons. The minimum Gasteiger partial charge on any atom is -0.396 e. The molecular weight excluding hydrogens is 318 g/mol. The van der Waals surface area contributed by atoms with Gasteiger partial charge in [0.25, 0.3) is 0 Å². The number of aliphatic hydroxyl groups is 1. The van der Waals surface area contributed by atoms with Gasteiger partial charge in [-0.25, -0.2) is 0 Å². The van der Waals surface area contributed by atoms with Crippen molar-refractivity contribution in [1.82, 2.24) is 4.90 Å². The number of nitrogens with zero attached hydrogens (tertiary/aromatic N) is 1. The van der Waals surface area contributed by atoms with Gasteiger partial charge in [0, 0.05) is 13.2 Å². The van der Waals surface area contributed by atoms with E-state index in [1.54, 1.807) is 0 Å². The summed E-state index contributed by atoms with van der Waals surface area (Å²) >= 11 is 0. The topological polar surface area (TPSA) is 23.5 Å². The van der Waals surface area contributed by atoms with E-state index in [4.69, 9.17) is 0 Å². The maximum Gasteiger partial charge on any atom is 0.0491 e. The standard InChI is InChI=1S/C24H27NO/c26-19-24(17-20-7-2-1-3-8-20)13-15-25(16-14-24)18-22-11-6-10-21-9-4-5-12-23(21)22/h1-12,26H,13-19H2. The molecule has 1 aliphatic heterocycles. The fourth-order valence-electron chi connectivity index (χ4n) is 4.28. The molecule has 0 amide bonds. The Bertz CT molecular complexity index is 845. The van der Waals surface area contributed by atoms with Gasteiger partial charge in [-0.1, -0.05) is 72.8 Å². The molecule has 0 spiro atoms. The predicted molar refractivity (Wildman–Crippen MR) is 108 cm³/mol. The third-order valence-electron chi connectivity index (χ3n) is 5.95. The number of rotatable bonds is 5. The summed E-state index contributed by atoms with van der Waals surface area (Å²) in [6, 6.07) is 25.8. The van der Waals surface area contributed by atoms with Crippen LogP contribution in [-0.2, 0) is 13.0 Å². The first-order chi connectivity index (χ1) is 12.8. The maximum absolute atomic E-state index is 10.1. The minimum atomic E-state index is 0.0383. The van der Waals surface area contributed by atoms with Gasteiger partial charge in [0.2, 0.25) is 0 Å². The van der Waals surface area contributed by atoms with Gasteiger partial charge in [-0.3, -0.25) is 4.90 Å². The lowest BCUT2D eigenvalue weighted by molar-refractivity contribution is 0.0415. The summed E-state index contributed by atoms with van der Waals surface area (Å²) in [5, 5.41) is 12.8. The molecule has 2 heteroatoms. The van der Waals surface area contributed by atoms with Crippen LogP contribution in [0.15, 0.2) is 72.8 Å². The third kappa shape index (κ3) is 3.67. The molecule has 1 heterocycles. The Hall–Kier alpha value is -2.16. The van der Waals surface area contributed by atoms with Crippen LogP contribution in [0.25, 0.3) is 10.8 Å². The Balaban J connectivity index is 1.44. The Morgan fingerprint density at radius 3 is 2.27 bits per heavy atom.